The van der Waals surface area contributed by atoms with E-state index >= 15 is 0 Å². The van der Waals surface area contributed by atoms with Gasteiger partial charge in [-0.1, -0.05) is 57.7 Å². The third kappa shape index (κ3) is 6.73. The molecule has 0 saturated carbocycles. The molecule has 2 amide bonds. The van der Waals surface area contributed by atoms with E-state index in [2.05, 4.69) is 29.9 Å². The van der Waals surface area contributed by atoms with Crippen LogP contribution in [0.4, 0.5) is 5.69 Å². The normalized spacial score (nSPS) is 15.6. The molecule has 2 heterocycles. The maximum absolute atomic E-state index is 13.8. The number of carbonyl (C=O) groups is 2. The first-order valence-electron chi connectivity index (χ1n) is 13.8. The fraction of sp³-hybridized carbons (Fsp3) is 0.484. The third-order valence-electron chi connectivity index (χ3n) is 7.20. The molecule has 3 aromatic rings. The zero-order chi connectivity index (χ0) is 26.4. The Morgan fingerprint density at radius 3 is 2.22 bits per heavy atom. The number of rotatable bonds is 3. The van der Waals surface area contributed by atoms with Crippen LogP contribution in [0.15, 0.2) is 42.5 Å². The van der Waals surface area contributed by atoms with Crippen molar-refractivity contribution in [2.75, 3.05) is 18.0 Å². The van der Waals surface area contributed by atoms with Crippen LogP contribution in [0.2, 0.25) is 0 Å². The van der Waals surface area contributed by atoms with Crippen molar-refractivity contribution in [2.24, 2.45) is 5.92 Å². The third-order valence-corrected chi connectivity index (χ3v) is 7.20. The molecule has 0 atom stereocenters. The summed E-state index contributed by atoms with van der Waals surface area (Å²) in [6, 6.07) is 13.7. The minimum Gasteiger partial charge on any atom is -0.334 e. The molecule has 37 heavy (non-hydrogen) atoms. The molecule has 0 unspecified atom stereocenters. The number of hydrogen-bond acceptors (Lipinski definition) is 4. The minimum absolute atomic E-state index is 0.00772. The molecule has 0 saturated heterocycles. The van der Waals surface area contributed by atoms with Gasteiger partial charge in [0.05, 0.1) is 22.4 Å². The standard InChI is InChI=1S/C31H40N4O2/c1-22(2)19-30(36)35-18-12-8-6-5-7-11-17-34(21-26-13-9-10-14-29(26)35)31(37)25-15-16-27-28(20-25)33-24(4)23(3)32-27/h9-10,13-16,20,22H,5-8,11-12,17-19,21H2,1-4H3. The molecular formula is C31H40N4O2. The van der Waals surface area contributed by atoms with Crippen LogP contribution in [0.1, 0.15) is 86.1 Å². The number of hydrogen-bond donors (Lipinski definition) is 0. The smallest absolute Gasteiger partial charge is 0.254 e. The number of benzene rings is 2. The van der Waals surface area contributed by atoms with Gasteiger partial charge in [0.1, 0.15) is 0 Å². The largest absolute Gasteiger partial charge is 0.334 e. The van der Waals surface area contributed by atoms with Crippen LogP contribution in [0, 0.1) is 19.8 Å². The van der Waals surface area contributed by atoms with Gasteiger partial charge in [0.15, 0.2) is 0 Å². The van der Waals surface area contributed by atoms with Gasteiger partial charge in [-0.25, -0.2) is 9.97 Å². The molecule has 6 heteroatoms. The molecule has 6 nitrogen and oxygen atoms in total. The first-order chi connectivity index (χ1) is 17.8. The van der Waals surface area contributed by atoms with E-state index in [0.717, 1.165) is 78.7 Å². The molecule has 0 fully saturated rings. The predicted molar refractivity (Wildman–Crippen MR) is 150 cm³/mol. The Balaban J connectivity index is 1.68. The van der Waals surface area contributed by atoms with E-state index in [9.17, 15) is 9.59 Å². The summed E-state index contributed by atoms with van der Waals surface area (Å²) in [7, 11) is 0. The first-order valence-corrected chi connectivity index (χ1v) is 13.8. The monoisotopic (exact) mass is 500 g/mol. The van der Waals surface area contributed by atoms with Crippen molar-refractivity contribution < 1.29 is 9.59 Å². The Kier molecular flexibility index (Phi) is 8.91. The van der Waals surface area contributed by atoms with Gasteiger partial charge in [-0.05, 0) is 62.4 Å². The summed E-state index contributed by atoms with van der Waals surface area (Å²) in [5.41, 5.74) is 5.89. The lowest BCUT2D eigenvalue weighted by Gasteiger charge is -2.29. The molecule has 0 aliphatic carbocycles. The Morgan fingerprint density at radius 2 is 1.49 bits per heavy atom. The summed E-state index contributed by atoms with van der Waals surface area (Å²) in [6.45, 7) is 9.94. The second-order valence-electron chi connectivity index (χ2n) is 10.7. The van der Waals surface area contributed by atoms with Crippen molar-refractivity contribution in [1.29, 1.82) is 0 Å². The molecule has 196 valence electrons. The van der Waals surface area contributed by atoms with E-state index in [0.29, 0.717) is 31.0 Å². The molecule has 2 aromatic carbocycles. The quantitative estimate of drug-likeness (QED) is 0.405. The highest BCUT2D eigenvalue weighted by atomic mass is 16.2. The maximum Gasteiger partial charge on any atom is 0.254 e. The van der Waals surface area contributed by atoms with E-state index in [1.165, 1.54) is 0 Å². The average molecular weight is 501 g/mol. The molecular weight excluding hydrogens is 460 g/mol. The number of anilines is 1. The number of aromatic nitrogens is 2. The van der Waals surface area contributed by atoms with Gasteiger partial charge in [-0.3, -0.25) is 9.59 Å². The zero-order valence-corrected chi connectivity index (χ0v) is 22.8. The molecule has 1 aromatic heterocycles. The summed E-state index contributed by atoms with van der Waals surface area (Å²) >= 11 is 0. The highest BCUT2D eigenvalue weighted by Gasteiger charge is 2.23. The fourth-order valence-electron chi connectivity index (χ4n) is 5.03. The predicted octanol–water partition coefficient (Wildman–Crippen LogP) is 6.62. The lowest BCUT2D eigenvalue weighted by Crippen LogP contribution is -2.35. The molecule has 4 rings (SSSR count). The topological polar surface area (TPSA) is 66.4 Å². The van der Waals surface area contributed by atoms with Crippen LogP contribution in [-0.4, -0.2) is 39.8 Å². The summed E-state index contributed by atoms with van der Waals surface area (Å²) < 4.78 is 0. The van der Waals surface area contributed by atoms with Crippen LogP contribution < -0.4 is 4.90 Å². The van der Waals surface area contributed by atoms with Crippen molar-refractivity contribution in [3.63, 3.8) is 0 Å². The van der Waals surface area contributed by atoms with E-state index in [1.807, 2.05) is 60.0 Å². The van der Waals surface area contributed by atoms with Gasteiger partial charge >= 0.3 is 0 Å². The van der Waals surface area contributed by atoms with Crippen LogP contribution in [0.25, 0.3) is 11.0 Å². The number of para-hydroxylation sites is 1. The molecule has 0 bridgehead atoms. The number of carbonyl (C=O) groups excluding carboxylic acids is 2. The molecule has 0 N–H and O–H groups in total. The van der Waals surface area contributed by atoms with Crippen LogP contribution in [0.3, 0.4) is 0 Å². The maximum atomic E-state index is 13.8. The second kappa shape index (κ2) is 12.3. The van der Waals surface area contributed by atoms with Crippen molar-refractivity contribution >= 4 is 28.5 Å². The van der Waals surface area contributed by atoms with Crippen LogP contribution in [0.5, 0.6) is 0 Å². The van der Waals surface area contributed by atoms with Crippen molar-refractivity contribution in [1.82, 2.24) is 14.9 Å². The van der Waals surface area contributed by atoms with Gasteiger partial charge in [-0.2, -0.15) is 0 Å². The Labute approximate surface area is 221 Å². The number of nitrogens with zero attached hydrogens (tertiary/aromatic N) is 4. The highest BCUT2D eigenvalue weighted by Crippen LogP contribution is 2.26. The van der Waals surface area contributed by atoms with Gasteiger partial charge < -0.3 is 9.80 Å². The summed E-state index contributed by atoms with van der Waals surface area (Å²) in [4.78, 5) is 40.3. The van der Waals surface area contributed by atoms with Crippen molar-refractivity contribution in [3.8, 4) is 0 Å². The molecule has 1 aliphatic rings. The van der Waals surface area contributed by atoms with Crippen LogP contribution in [-0.2, 0) is 11.3 Å². The van der Waals surface area contributed by atoms with Gasteiger partial charge in [0, 0.05) is 37.3 Å². The number of fused-ring (bicyclic) bond motifs is 2. The first kappa shape index (κ1) is 26.8. The lowest BCUT2D eigenvalue weighted by atomic mass is 10.1. The van der Waals surface area contributed by atoms with E-state index in [4.69, 9.17) is 0 Å². The average Bonchev–Trinajstić information content (AvgIpc) is 2.88. The number of amides is 2. The summed E-state index contributed by atoms with van der Waals surface area (Å²) in [6.07, 6.45) is 7.01. The Morgan fingerprint density at radius 1 is 0.838 bits per heavy atom. The molecule has 0 radical (unpaired) electrons. The van der Waals surface area contributed by atoms with Crippen molar-refractivity contribution in [2.45, 2.75) is 79.2 Å². The number of aryl methyl sites for hydroxylation is 2. The SMILES string of the molecule is Cc1nc2ccc(C(=O)N3CCCCCCCCN(C(=O)CC(C)C)c4ccccc4C3)cc2nc1C. The van der Waals surface area contributed by atoms with Gasteiger partial charge in [-0.15, -0.1) is 0 Å². The van der Waals surface area contributed by atoms with E-state index in [1.54, 1.807) is 0 Å². The Bertz CT molecular complexity index is 1250. The van der Waals surface area contributed by atoms with Gasteiger partial charge in [0.2, 0.25) is 5.91 Å². The molecule has 0 spiro atoms. The van der Waals surface area contributed by atoms with E-state index in [-0.39, 0.29) is 11.8 Å². The summed E-state index contributed by atoms with van der Waals surface area (Å²) in [5.74, 6) is 0.450. The minimum atomic E-state index is -0.00772. The van der Waals surface area contributed by atoms with Gasteiger partial charge in [0.25, 0.3) is 5.91 Å². The van der Waals surface area contributed by atoms with Crippen LogP contribution >= 0.6 is 0 Å². The summed E-state index contributed by atoms with van der Waals surface area (Å²) in [5, 5.41) is 0. The Hall–Kier alpha value is -3.28. The van der Waals surface area contributed by atoms with E-state index < -0.39 is 0 Å². The second-order valence-corrected chi connectivity index (χ2v) is 10.7. The zero-order valence-electron chi connectivity index (χ0n) is 22.8. The van der Waals surface area contributed by atoms with Crippen molar-refractivity contribution in [3.05, 3.63) is 65.0 Å². The fourth-order valence-corrected chi connectivity index (χ4v) is 5.03. The lowest BCUT2D eigenvalue weighted by molar-refractivity contribution is -0.119. The highest BCUT2D eigenvalue weighted by molar-refractivity contribution is 5.98. The molecule has 1 aliphatic heterocycles.